The Morgan fingerprint density at radius 2 is 0.682 bits per heavy atom. The monoisotopic (exact) mass is 326 g/mol. The standard InChI is InChI=1S/2C5H12.C4H10.C3H8.5CH4/c1-4-5(2)3;1-3-5-4-2;1-3-4-2;1-3-2;;;;;/h5H,4H2,1-3H3;3-5H2,1-2H3;3-4H2,1-2H3;3H2,1-2H3;5*1H4. The molecule has 0 unspecified atom stereocenters. The zero-order chi connectivity index (χ0) is 14.5. The second kappa shape index (κ2) is 84.0. The first-order valence-corrected chi connectivity index (χ1v) is 8.01. The molecule has 0 aromatic rings. The van der Waals surface area contributed by atoms with E-state index in [1.54, 1.807) is 0 Å². The van der Waals surface area contributed by atoms with E-state index in [0.717, 1.165) is 5.92 Å². The van der Waals surface area contributed by atoms with Crippen molar-refractivity contribution in [2.24, 2.45) is 5.92 Å². The van der Waals surface area contributed by atoms with Gasteiger partial charge in [0.25, 0.3) is 0 Å². The maximum atomic E-state index is 2.22. The van der Waals surface area contributed by atoms with Crippen molar-refractivity contribution < 1.29 is 0 Å². The van der Waals surface area contributed by atoms with E-state index in [1.165, 1.54) is 44.9 Å². The summed E-state index contributed by atoms with van der Waals surface area (Å²) in [6.45, 7) is 19.7. The quantitative estimate of drug-likeness (QED) is 0.481. The van der Waals surface area contributed by atoms with Gasteiger partial charge in [-0.05, 0) is 5.92 Å². The average molecular weight is 327 g/mol. The molecule has 0 saturated heterocycles. The van der Waals surface area contributed by atoms with E-state index < -0.39 is 0 Å². The van der Waals surface area contributed by atoms with Gasteiger partial charge in [0, 0.05) is 0 Å². The van der Waals surface area contributed by atoms with Crippen LogP contribution in [0.1, 0.15) is 144 Å². The minimum Gasteiger partial charge on any atom is -0.0776 e. The Morgan fingerprint density at radius 1 is 0.500 bits per heavy atom. The summed E-state index contributed by atoms with van der Waals surface area (Å²) in [6, 6.07) is 0. The van der Waals surface area contributed by atoms with Gasteiger partial charge in [-0.1, -0.05) is 144 Å². The smallest absolute Gasteiger partial charge is 0.0474 e. The maximum absolute atomic E-state index is 2.22. The summed E-state index contributed by atoms with van der Waals surface area (Å²) in [5, 5.41) is 0. The predicted octanol–water partition coefficient (Wildman–Crippen LogP) is 10.7. The summed E-state index contributed by atoms with van der Waals surface area (Å²) >= 11 is 0. The molecule has 0 heteroatoms. The second-order valence-electron chi connectivity index (χ2n) is 4.86. The van der Waals surface area contributed by atoms with E-state index in [9.17, 15) is 0 Å². The van der Waals surface area contributed by atoms with Crippen molar-refractivity contribution in [2.45, 2.75) is 144 Å². The molecule has 0 N–H and O–H groups in total. The van der Waals surface area contributed by atoms with Gasteiger partial charge in [-0.25, -0.2) is 0 Å². The second-order valence-corrected chi connectivity index (χ2v) is 4.86. The minimum absolute atomic E-state index is 0. The highest BCUT2D eigenvalue weighted by molar-refractivity contribution is 4.32. The lowest BCUT2D eigenvalue weighted by Crippen LogP contribution is -1.77. The molecular formula is C22H62. The lowest BCUT2D eigenvalue weighted by atomic mass is 10.2. The molecule has 0 fully saturated rings. The van der Waals surface area contributed by atoms with Crippen LogP contribution in [0.4, 0.5) is 0 Å². The van der Waals surface area contributed by atoms with Crippen molar-refractivity contribution in [3.8, 4) is 0 Å². The van der Waals surface area contributed by atoms with Gasteiger partial charge in [0.05, 0.1) is 0 Å². The van der Waals surface area contributed by atoms with E-state index in [0.29, 0.717) is 0 Å². The van der Waals surface area contributed by atoms with Crippen molar-refractivity contribution in [1.82, 2.24) is 0 Å². The Labute approximate surface area is 150 Å². The van der Waals surface area contributed by atoms with Crippen molar-refractivity contribution in [1.29, 1.82) is 0 Å². The van der Waals surface area contributed by atoms with E-state index in [-0.39, 0.29) is 37.1 Å². The molecule has 0 radical (unpaired) electrons. The zero-order valence-corrected chi connectivity index (χ0v) is 14.5. The molecule has 0 aliphatic heterocycles. The number of unbranched alkanes of at least 4 members (excludes halogenated alkanes) is 3. The molecule has 0 amide bonds. The molecule has 0 heterocycles. The van der Waals surface area contributed by atoms with Crippen molar-refractivity contribution in [3.05, 3.63) is 0 Å². The summed E-state index contributed by atoms with van der Waals surface area (Å²) in [4.78, 5) is 0. The molecule has 150 valence electrons. The Kier molecular flexibility index (Phi) is 219. The Bertz CT molecular complexity index is 60.4. The average Bonchev–Trinajstić information content (AvgIpc) is 2.32. The molecule has 0 aliphatic carbocycles. The molecule has 0 aliphatic rings. The molecule has 0 spiro atoms. The van der Waals surface area contributed by atoms with Crippen LogP contribution in [0, 0.1) is 5.92 Å². The third-order valence-corrected chi connectivity index (χ3v) is 2.02. The third-order valence-electron chi connectivity index (χ3n) is 2.02. The SMILES string of the molecule is C.C.C.C.C.CCC.CCC(C)C.CCCC.CCCCC. The van der Waals surface area contributed by atoms with E-state index in [2.05, 4.69) is 62.3 Å². The van der Waals surface area contributed by atoms with E-state index >= 15 is 0 Å². The highest BCUT2D eigenvalue weighted by atomic mass is 13.9. The molecule has 0 rings (SSSR count). The molecule has 0 nitrogen and oxygen atoms in total. The first-order chi connectivity index (χ1) is 8.01. The van der Waals surface area contributed by atoms with Gasteiger partial charge in [-0.2, -0.15) is 0 Å². The summed E-state index contributed by atoms with van der Waals surface area (Å²) in [5.74, 6) is 0.884. The van der Waals surface area contributed by atoms with Crippen molar-refractivity contribution in [2.75, 3.05) is 0 Å². The predicted molar refractivity (Wildman–Crippen MR) is 121 cm³/mol. The summed E-state index contributed by atoms with van der Waals surface area (Å²) in [5.41, 5.74) is 0. The molecular weight excluding hydrogens is 264 g/mol. The topological polar surface area (TPSA) is 0 Å². The molecule has 0 aromatic heterocycles. The zero-order valence-electron chi connectivity index (χ0n) is 14.5. The Hall–Kier alpha value is 0. The van der Waals surface area contributed by atoms with Crippen LogP contribution < -0.4 is 0 Å². The third kappa shape index (κ3) is 289. The van der Waals surface area contributed by atoms with Gasteiger partial charge in [-0.15, -0.1) is 0 Å². The fourth-order valence-corrected chi connectivity index (χ4v) is 0.354. The van der Waals surface area contributed by atoms with Gasteiger partial charge in [-0.3, -0.25) is 0 Å². The molecule has 0 aromatic carbocycles. The fourth-order valence-electron chi connectivity index (χ4n) is 0.354. The van der Waals surface area contributed by atoms with Crippen molar-refractivity contribution in [3.63, 3.8) is 0 Å². The van der Waals surface area contributed by atoms with Crippen LogP contribution >= 0.6 is 0 Å². The van der Waals surface area contributed by atoms with Gasteiger partial charge in [0.15, 0.2) is 0 Å². The first kappa shape index (κ1) is 57.4. The number of hydrogen-bond acceptors (Lipinski definition) is 0. The van der Waals surface area contributed by atoms with Crippen LogP contribution in [-0.2, 0) is 0 Å². The summed E-state index contributed by atoms with van der Waals surface area (Å²) in [6.07, 6.45) is 9.27. The van der Waals surface area contributed by atoms with Crippen LogP contribution in [0.15, 0.2) is 0 Å². The highest BCUT2D eigenvalue weighted by Crippen LogP contribution is 1.93. The highest BCUT2D eigenvalue weighted by Gasteiger charge is 1.80. The maximum Gasteiger partial charge on any atom is -0.0474 e. The number of rotatable bonds is 4. The van der Waals surface area contributed by atoms with Gasteiger partial charge >= 0.3 is 0 Å². The van der Waals surface area contributed by atoms with Gasteiger partial charge < -0.3 is 0 Å². The lowest BCUT2D eigenvalue weighted by molar-refractivity contribution is 0.626. The molecule has 0 saturated carbocycles. The largest absolute Gasteiger partial charge is 0.0776 e. The van der Waals surface area contributed by atoms with Crippen LogP contribution in [0.5, 0.6) is 0 Å². The van der Waals surface area contributed by atoms with Crippen molar-refractivity contribution >= 4 is 0 Å². The van der Waals surface area contributed by atoms with Crippen LogP contribution in [0.2, 0.25) is 0 Å². The summed E-state index contributed by atoms with van der Waals surface area (Å²) in [7, 11) is 0. The van der Waals surface area contributed by atoms with Crippen LogP contribution in [-0.4, -0.2) is 0 Å². The number of hydrogen-bond donors (Lipinski definition) is 0. The van der Waals surface area contributed by atoms with Crippen LogP contribution in [0.3, 0.4) is 0 Å². The van der Waals surface area contributed by atoms with Gasteiger partial charge in [0.2, 0.25) is 0 Å². The Morgan fingerprint density at radius 3 is 0.682 bits per heavy atom. The van der Waals surface area contributed by atoms with E-state index in [1.807, 2.05) is 0 Å². The van der Waals surface area contributed by atoms with Crippen LogP contribution in [0.25, 0.3) is 0 Å². The molecule has 0 atom stereocenters. The molecule has 0 bridgehead atoms. The van der Waals surface area contributed by atoms with Gasteiger partial charge in [0.1, 0.15) is 0 Å². The summed E-state index contributed by atoms with van der Waals surface area (Å²) < 4.78 is 0. The fraction of sp³-hybridized carbons (Fsp3) is 1.00. The van der Waals surface area contributed by atoms with E-state index in [4.69, 9.17) is 0 Å². The minimum atomic E-state index is 0. The first-order valence-electron chi connectivity index (χ1n) is 8.01. The molecule has 22 heavy (non-hydrogen) atoms. The lowest BCUT2D eigenvalue weighted by Gasteiger charge is -1.90. The normalized spacial score (nSPS) is 6.27. The Balaban J connectivity index is -0.0000000138.